The van der Waals surface area contributed by atoms with Crippen molar-refractivity contribution in [2.45, 2.75) is 24.5 Å². The summed E-state index contributed by atoms with van der Waals surface area (Å²) >= 11 is 7.43. The van der Waals surface area contributed by atoms with Gasteiger partial charge >= 0.3 is 0 Å². The van der Waals surface area contributed by atoms with E-state index in [-0.39, 0.29) is 17.3 Å². The van der Waals surface area contributed by atoms with Crippen LogP contribution in [-0.4, -0.2) is 36.9 Å². The second-order valence-corrected chi connectivity index (χ2v) is 8.50. The van der Waals surface area contributed by atoms with Crippen molar-refractivity contribution in [3.05, 3.63) is 76.1 Å². The Bertz CT molecular complexity index is 1300. The summed E-state index contributed by atoms with van der Waals surface area (Å²) in [6.45, 7) is 3.81. The van der Waals surface area contributed by atoms with E-state index in [1.165, 1.54) is 16.4 Å². The number of carbonyl (C=O) groups excluding carboxylic acids is 1. The summed E-state index contributed by atoms with van der Waals surface area (Å²) in [6, 6.07) is 15.2. The van der Waals surface area contributed by atoms with Gasteiger partial charge in [-0.1, -0.05) is 46.6 Å². The lowest BCUT2D eigenvalue weighted by atomic mass is 10.1. The predicted molar refractivity (Wildman–Crippen MR) is 125 cm³/mol. The number of nitrogens with two attached hydrogens (primary N) is 1. The first-order valence-electron chi connectivity index (χ1n) is 9.75. The molecule has 0 saturated heterocycles. The Morgan fingerprint density at radius 3 is 2.58 bits per heavy atom. The third kappa shape index (κ3) is 5.21. The molecule has 0 spiro atoms. The number of anilines is 1. The molecule has 168 valence electrons. The zero-order valence-electron chi connectivity index (χ0n) is 17.7. The first-order chi connectivity index (χ1) is 15.9. The molecule has 0 bridgehead atoms. The van der Waals surface area contributed by atoms with Gasteiger partial charge in [0, 0.05) is 15.7 Å². The van der Waals surface area contributed by atoms with Gasteiger partial charge < -0.3 is 5.73 Å². The number of hydrogen-bond donors (Lipinski definition) is 2. The number of nitrogens with one attached hydrogen (secondary N) is 1. The number of hydrogen-bond acceptors (Lipinski definition) is 9. The van der Waals surface area contributed by atoms with Gasteiger partial charge in [-0.25, -0.2) is 10.1 Å². The van der Waals surface area contributed by atoms with E-state index < -0.39 is 5.91 Å². The number of nitrogens with zero attached hydrogens (tertiary/aromatic N) is 6. The maximum Gasteiger partial charge on any atom is 0.293 e. The van der Waals surface area contributed by atoms with Crippen LogP contribution in [0, 0.1) is 6.92 Å². The molecule has 4 rings (SSSR count). The first kappa shape index (κ1) is 22.5. The average Bonchev–Trinajstić information content (AvgIpc) is 3.43. The molecule has 0 atom stereocenters. The first-order valence-corrected chi connectivity index (χ1v) is 11.1. The Kier molecular flexibility index (Phi) is 6.71. The minimum Gasteiger partial charge on any atom is -0.378 e. The van der Waals surface area contributed by atoms with Gasteiger partial charge in [-0.05, 0) is 54.0 Å². The Morgan fingerprint density at radius 1 is 1.18 bits per heavy atom. The van der Waals surface area contributed by atoms with Crippen molar-refractivity contribution in [2.75, 3.05) is 5.73 Å². The SMILES string of the molecule is CC(=NNC(=O)c1nnn(-c2nonc2N)c1CSc1ccc(Cl)cc1)c1ccc(C)cc1. The van der Waals surface area contributed by atoms with Gasteiger partial charge in [0.1, 0.15) is 0 Å². The Morgan fingerprint density at radius 2 is 1.91 bits per heavy atom. The molecule has 2 aromatic heterocycles. The van der Waals surface area contributed by atoms with Crippen LogP contribution in [0.25, 0.3) is 5.82 Å². The quantitative estimate of drug-likeness (QED) is 0.231. The van der Waals surface area contributed by atoms with Crippen LogP contribution in [-0.2, 0) is 5.75 Å². The molecule has 3 N–H and O–H groups in total. The van der Waals surface area contributed by atoms with Gasteiger partial charge in [-0.2, -0.15) is 9.78 Å². The zero-order valence-corrected chi connectivity index (χ0v) is 19.3. The van der Waals surface area contributed by atoms with Crippen LogP contribution in [0.5, 0.6) is 0 Å². The summed E-state index contributed by atoms with van der Waals surface area (Å²) in [6.07, 6.45) is 0. The largest absolute Gasteiger partial charge is 0.378 e. The monoisotopic (exact) mass is 482 g/mol. The van der Waals surface area contributed by atoms with E-state index in [1.54, 1.807) is 19.1 Å². The number of carbonyl (C=O) groups is 1. The molecule has 33 heavy (non-hydrogen) atoms. The number of rotatable bonds is 7. The highest BCUT2D eigenvalue weighted by atomic mass is 35.5. The van der Waals surface area contributed by atoms with E-state index >= 15 is 0 Å². The smallest absolute Gasteiger partial charge is 0.293 e. The minimum absolute atomic E-state index is 0.0258. The fraction of sp³-hybridized carbons (Fsp3) is 0.143. The van der Waals surface area contributed by atoms with Gasteiger partial charge in [-0.3, -0.25) is 4.79 Å². The summed E-state index contributed by atoms with van der Waals surface area (Å²) < 4.78 is 6.01. The Hall–Kier alpha value is -3.70. The number of aromatic nitrogens is 5. The highest BCUT2D eigenvalue weighted by Crippen LogP contribution is 2.27. The number of benzene rings is 2. The van der Waals surface area contributed by atoms with Crippen LogP contribution >= 0.6 is 23.4 Å². The summed E-state index contributed by atoms with van der Waals surface area (Å²) in [5.74, 6) is -0.00970. The lowest BCUT2D eigenvalue weighted by molar-refractivity contribution is 0.0949. The molecule has 0 saturated carbocycles. The lowest BCUT2D eigenvalue weighted by Gasteiger charge is -2.06. The second kappa shape index (κ2) is 9.84. The van der Waals surface area contributed by atoms with Crippen molar-refractivity contribution in [1.82, 2.24) is 30.7 Å². The highest BCUT2D eigenvalue weighted by molar-refractivity contribution is 7.98. The number of hydrazone groups is 1. The second-order valence-electron chi connectivity index (χ2n) is 7.02. The molecule has 0 radical (unpaired) electrons. The molecule has 1 amide bonds. The van der Waals surface area contributed by atoms with Crippen LogP contribution in [0.15, 0.2) is 63.2 Å². The van der Waals surface area contributed by atoms with Crippen molar-refractivity contribution in [3.8, 4) is 5.82 Å². The fourth-order valence-electron chi connectivity index (χ4n) is 2.84. The normalized spacial score (nSPS) is 11.5. The number of aryl methyl sites for hydroxylation is 1. The number of thioether (sulfide) groups is 1. The summed E-state index contributed by atoms with van der Waals surface area (Å²) in [5, 5.41) is 20.3. The van der Waals surface area contributed by atoms with Crippen molar-refractivity contribution in [1.29, 1.82) is 0 Å². The highest BCUT2D eigenvalue weighted by Gasteiger charge is 2.24. The van der Waals surface area contributed by atoms with Crippen molar-refractivity contribution in [2.24, 2.45) is 5.10 Å². The molecule has 0 fully saturated rings. The number of amides is 1. The van der Waals surface area contributed by atoms with Gasteiger partial charge in [0.15, 0.2) is 5.69 Å². The molecular formula is C21H19ClN8O2S. The maximum absolute atomic E-state index is 12.9. The molecule has 0 aliphatic carbocycles. The molecule has 10 nitrogen and oxygen atoms in total. The molecule has 4 aromatic rings. The van der Waals surface area contributed by atoms with Crippen LogP contribution < -0.4 is 11.2 Å². The van der Waals surface area contributed by atoms with Crippen molar-refractivity contribution < 1.29 is 9.42 Å². The van der Waals surface area contributed by atoms with Gasteiger partial charge in [-0.15, -0.1) is 16.9 Å². The van der Waals surface area contributed by atoms with Gasteiger partial charge in [0.25, 0.3) is 5.91 Å². The molecule has 2 heterocycles. The van der Waals surface area contributed by atoms with E-state index in [0.717, 1.165) is 16.0 Å². The van der Waals surface area contributed by atoms with Crippen LogP contribution in [0.4, 0.5) is 5.82 Å². The van der Waals surface area contributed by atoms with Gasteiger partial charge in [0.05, 0.1) is 11.4 Å². The Balaban J connectivity index is 1.59. The molecule has 0 aliphatic rings. The predicted octanol–water partition coefficient (Wildman–Crippen LogP) is 3.64. The van der Waals surface area contributed by atoms with E-state index in [2.05, 4.69) is 35.8 Å². The molecule has 2 aromatic carbocycles. The number of nitrogen functional groups attached to an aromatic ring is 1. The van der Waals surface area contributed by atoms with E-state index in [4.69, 9.17) is 17.3 Å². The molecular weight excluding hydrogens is 464 g/mol. The van der Waals surface area contributed by atoms with Gasteiger partial charge in [0.2, 0.25) is 11.6 Å². The summed E-state index contributed by atoms with van der Waals surface area (Å²) in [4.78, 5) is 13.9. The summed E-state index contributed by atoms with van der Waals surface area (Å²) in [7, 11) is 0. The van der Waals surface area contributed by atoms with Crippen molar-refractivity contribution in [3.63, 3.8) is 0 Å². The third-order valence-electron chi connectivity index (χ3n) is 4.66. The average molecular weight is 483 g/mol. The molecule has 0 aliphatic heterocycles. The zero-order chi connectivity index (χ0) is 23.4. The number of halogens is 1. The third-order valence-corrected chi connectivity index (χ3v) is 5.93. The molecule has 12 heteroatoms. The molecule has 0 unspecified atom stereocenters. The van der Waals surface area contributed by atoms with Crippen LogP contribution in [0.2, 0.25) is 5.02 Å². The van der Waals surface area contributed by atoms with E-state index in [0.29, 0.717) is 22.2 Å². The minimum atomic E-state index is -0.519. The van der Waals surface area contributed by atoms with Crippen molar-refractivity contribution >= 4 is 40.8 Å². The maximum atomic E-state index is 12.9. The lowest BCUT2D eigenvalue weighted by Crippen LogP contribution is -2.21. The standard InChI is InChI=1S/C21H19ClN8O2S/c1-12-3-5-14(6-4-12)13(2)24-26-21(31)18-17(11-33-16-9-7-15(22)8-10-16)30(29-25-18)20-19(23)27-32-28-20/h3-10H,11H2,1-2H3,(H2,23,27)(H,26,31). The van der Waals surface area contributed by atoms with E-state index in [1.807, 2.05) is 43.3 Å². The van der Waals surface area contributed by atoms with Crippen LogP contribution in [0.1, 0.15) is 34.2 Å². The topological polar surface area (TPSA) is 137 Å². The fourth-order valence-corrected chi connectivity index (χ4v) is 3.86. The summed E-state index contributed by atoms with van der Waals surface area (Å²) in [5.41, 5.74) is 11.6. The van der Waals surface area contributed by atoms with E-state index in [9.17, 15) is 4.79 Å². The Labute approximate surface area is 198 Å². The van der Waals surface area contributed by atoms with Crippen LogP contribution in [0.3, 0.4) is 0 Å².